The maximum atomic E-state index is 6.60. The fraction of sp³-hybridized carbons (Fsp3) is 0.381. The standard InChI is InChI=1S/C21H24ClN5O/c1-14(2)20-21(25-26-24-20)18-9-17(11-23-12-18)15-3-4-16(19(22)10-15)13-27-5-7-28-8-6-27/h3-4,9-12,14H,5-8,13H2,1-2H3,(H,24,25,26). The van der Waals surface area contributed by atoms with Crippen molar-refractivity contribution in [2.75, 3.05) is 26.3 Å². The largest absolute Gasteiger partial charge is 0.379 e. The second-order valence-corrected chi connectivity index (χ2v) is 7.78. The molecule has 0 unspecified atom stereocenters. The van der Waals surface area contributed by atoms with Crippen LogP contribution in [-0.4, -0.2) is 51.6 Å². The van der Waals surface area contributed by atoms with E-state index in [9.17, 15) is 0 Å². The molecule has 1 saturated heterocycles. The lowest BCUT2D eigenvalue weighted by Gasteiger charge is -2.27. The highest BCUT2D eigenvalue weighted by Crippen LogP contribution is 2.30. The van der Waals surface area contributed by atoms with Gasteiger partial charge >= 0.3 is 0 Å². The molecule has 1 aliphatic rings. The van der Waals surface area contributed by atoms with E-state index < -0.39 is 0 Å². The lowest BCUT2D eigenvalue weighted by molar-refractivity contribution is 0.0342. The minimum Gasteiger partial charge on any atom is -0.379 e. The highest BCUT2D eigenvalue weighted by Gasteiger charge is 2.16. The minimum atomic E-state index is 0.284. The van der Waals surface area contributed by atoms with Gasteiger partial charge in [0.15, 0.2) is 0 Å². The third kappa shape index (κ3) is 4.09. The van der Waals surface area contributed by atoms with E-state index in [1.807, 2.05) is 18.5 Å². The molecule has 0 radical (unpaired) electrons. The molecular formula is C21H24ClN5O. The second kappa shape index (κ2) is 8.39. The third-order valence-corrected chi connectivity index (χ3v) is 5.37. The summed E-state index contributed by atoms with van der Waals surface area (Å²) < 4.78 is 5.42. The van der Waals surface area contributed by atoms with E-state index >= 15 is 0 Å². The quantitative estimate of drug-likeness (QED) is 0.700. The van der Waals surface area contributed by atoms with Crippen LogP contribution in [0.25, 0.3) is 22.4 Å². The molecule has 1 fully saturated rings. The maximum Gasteiger partial charge on any atom is 0.117 e. The molecule has 0 spiro atoms. The fourth-order valence-electron chi connectivity index (χ4n) is 3.44. The van der Waals surface area contributed by atoms with Crippen LogP contribution in [-0.2, 0) is 11.3 Å². The highest BCUT2D eigenvalue weighted by molar-refractivity contribution is 6.31. The monoisotopic (exact) mass is 397 g/mol. The number of rotatable bonds is 5. The average molecular weight is 398 g/mol. The molecule has 1 aromatic carbocycles. The average Bonchev–Trinajstić information content (AvgIpc) is 3.21. The van der Waals surface area contributed by atoms with Gasteiger partial charge in [-0.3, -0.25) is 9.88 Å². The van der Waals surface area contributed by atoms with Crippen LogP contribution in [0.3, 0.4) is 0 Å². The Bertz CT molecular complexity index is 949. The molecule has 6 nitrogen and oxygen atoms in total. The minimum absolute atomic E-state index is 0.284. The number of aromatic amines is 1. The molecule has 146 valence electrons. The lowest BCUT2D eigenvalue weighted by Crippen LogP contribution is -2.35. The summed E-state index contributed by atoms with van der Waals surface area (Å²) in [7, 11) is 0. The SMILES string of the molecule is CC(C)c1n[nH]nc1-c1cncc(-c2ccc(CN3CCOCC3)c(Cl)c2)c1. The van der Waals surface area contributed by atoms with E-state index in [1.54, 1.807) is 0 Å². The number of pyridine rings is 1. The summed E-state index contributed by atoms with van der Waals surface area (Å²) in [6.07, 6.45) is 3.67. The molecule has 1 aliphatic heterocycles. The zero-order valence-corrected chi connectivity index (χ0v) is 16.9. The molecule has 1 N–H and O–H groups in total. The molecule has 2 aromatic heterocycles. The summed E-state index contributed by atoms with van der Waals surface area (Å²) in [5, 5.41) is 12.1. The van der Waals surface area contributed by atoms with Gasteiger partial charge in [-0.1, -0.05) is 37.6 Å². The van der Waals surface area contributed by atoms with Crippen LogP contribution >= 0.6 is 11.6 Å². The number of nitrogens with one attached hydrogen (secondary N) is 1. The Hall–Kier alpha value is -2.28. The van der Waals surface area contributed by atoms with Gasteiger partial charge in [0.1, 0.15) is 5.69 Å². The van der Waals surface area contributed by atoms with Gasteiger partial charge < -0.3 is 4.74 Å². The number of halogens is 1. The normalized spacial score (nSPS) is 15.3. The van der Waals surface area contributed by atoms with Crippen molar-refractivity contribution < 1.29 is 4.74 Å². The van der Waals surface area contributed by atoms with Gasteiger partial charge in [0.05, 0.1) is 18.9 Å². The van der Waals surface area contributed by atoms with E-state index in [2.05, 4.69) is 57.3 Å². The summed E-state index contributed by atoms with van der Waals surface area (Å²) in [5.41, 5.74) is 5.92. The van der Waals surface area contributed by atoms with E-state index in [-0.39, 0.29) is 5.92 Å². The molecule has 0 aliphatic carbocycles. The Morgan fingerprint density at radius 1 is 1.07 bits per heavy atom. The van der Waals surface area contributed by atoms with E-state index in [0.29, 0.717) is 0 Å². The summed E-state index contributed by atoms with van der Waals surface area (Å²) in [6, 6.07) is 8.32. The summed E-state index contributed by atoms with van der Waals surface area (Å²) in [4.78, 5) is 6.78. The summed E-state index contributed by atoms with van der Waals surface area (Å²) in [6.45, 7) is 8.51. The van der Waals surface area contributed by atoms with E-state index in [4.69, 9.17) is 16.3 Å². The molecule has 0 atom stereocenters. The third-order valence-electron chi connectivity index (χ3n) is 5.02. The van der Waals surface area contributed by atoms with Crippen LogP contribution in [0.4, 0.5) is 0 Å². The van der Waals surface area contributed by atoms with Crippen molar-refractivity contribution in [1.82, 2.24) is 25.3 Å². The Balaban J connectivity index is 1.59. The van der Waals surface area contributed by atoms with Crippen molar-refractivity contribution in [3.05, 3.63) is 52.9 Å². The highest BCUT2D eigenvalue weighted by atomic mass is 35.5. The van der Waals surface area contributed by atoms with Crippen LogP contribution in [0.2, 0.25) is 5.02 Å². The molecular weight excluding hydrogens is 374 g/mol. The van der Waals surface area contributed by atoms with Crippen molar-refractivity contribution in [3.8, 4) is 22.4 Å². The van der Waals surface area contributed by atoms with Crippen LogP contribution in [0.1, 0.15) is 31.0 Å². The molecule has 4 rings (SSSR count). The van der Waals surface area contributed by atoms with Gasteiger partial charge in [0.2, 0.25) is 0 Å². The van der Waals surface area contributed by atoms with Crippen LogP contribution < -0.4 is 0 Å². The Kier molecular flexibility index (Phi) is 5.71. The molecule has 3 aromatic rings. The van der Waals surface area contributed by atoms with Crippen molar-refractivity contribution in [2.45, 2.75) is 26.3 Å². The van der Waals surface area contributed by atoms with Crippen molar-refractivity contribution in [1.29, 1.82) is 0 Å². The van der Waals surface area contributed by atoms with Crippen molar-refractivity contribution in [2.24, 2.45) is 0 Å². The smallest absolute Gasteiger partial charge is 0.117 e. The number of hydrogen-bond acceptors (Lipinski definition) is 5. The van der Waals surface area contributed by atoms with E-state index in [0.717, 1.165) is 71.5 Å². The number of benzene rings is 1. The Labute approximate surface area is 169 Å². The summed E-state index contributed by atoms with van der Waals surface area (Å²) >= 11 is 6.60. The first kappa shape index (κ1) is 19.1. The van der Waals surface area contributed by atoms with Gasteiger partial charge in [-0.05, 0) is 29.2 Å². The number of morpholine rings is 1. The van der Waals surface area contributed by atoms with Crippen LogP contribution in [0, 0.1) is 0 Å². The number of H-pyrrole nitrogens is 1. The first-order chi connectivity index (χ1) is 13.6. The molecule has 0 amide bonds. The van der Waals surface area contributed by atoms with Gasteiger partial charge in [0, 0.05) is 48.2 Å². The molecule has 7 heteroatoms. The van der Waals surface area contributed by atoms with Crippen LogP contribution in [0.5, 0.6) is 0 Å². The molecule has 3 heterocycles. The predicted molar refractivity (Wildman–Crippen MR) is 110 cm³/mol. The van der Waals surface area contributed by atoms with Gasteiger partial charge in [-0.2, -0.15) is 15.4 Å². The van der Waals surface area contributed by atoms with Crippen LogP contribution in [0.15, 0.2) is 36.7 Å². The molecule has 0 bridgehead atoms. The zero-order chi connectivity index (χ0) is 19.5. The Morgan fingerprint density at radius 2 is 1.86 bits per heavy atom. The van der Waals surface area contributed by atoms with Gasteiger partial charge in [-0.25, -0.2) is 0 Å². The van der Waals surface area contributed by atoms with Crippen molar-refractivity contribution in [3.63, 3.8) is 0 Å². The zero-order valence-electron chi connectivity index (χ0n) is 16.2. The first-order valence-corrected chi connectivity index (χ1v) is 9.94. The second-order valence-electron chi connectivity index (χ2n) is 7.37. The number of ether oxygens (including phenoxy) is 1. The topological polar surface area (TPSA) is 66.9 Å². The molecule has 28 heavy (non-hydrogen) atoms. The predicted octanol–water partition coefficient (Wildman–Crippen LogP) is 4.14. The molecule has 0 saturated carbocycles. The van der Waals surface area contributed by atoms with E-state index in [1.165, 1.54) is 0 Å². The number of nitrogens with zero attached hydrogens (tertiary/aromatic N) is 4. The Morgan fingerprint density at radius 3 is 2.61 bits per heavy atom. The number of hydrogen-bond donors (Lipinski definition) is 1. The maximum absolute atomic E-state index is 6.60. The fourth-order valence-corrected chi connectivity index (χ4v) is 3.68. The van der Waals surface area contributed by atoms with Gasteiger partial charge in [0.25, 0.3) is 0 Å². The number of aromatic nitrogens is 4. The van der Waals surface area contributed by atoms with Gasteiger partial charge in [-0.15, -0.1) is 0 Å². The lowest BCUT2D eigenvalue weighted by atomic mass is 10.0. The first-order valence-electron chi connectivity index (χ1n) is 9.57. The summed E-state index contributed by atoms with van der Waals surface area (Å²) in [5.74, 6) is 0.284. The van der Waals surface area contributed by atoms with Crippen molar-refractivity contribution >= 4 is 11.6 Å².